The summed E-state index contributed by atoms with van der Waals surface area (Å²) in [5, 5.41) is 0. The zero-order valence-corrected chi connectivity index (χ0v) is 14.4. The van der Waals surface area contributed by atoms with Crippen LogP contribution in [0.1, 0.15) is 29.2 Å². The van der Waals surface area contributed by atoms with Gasteiger partial charge in [-0.3, -0.25) is 0 Å². The molecular formula is C18H21ClNOP. The number of aryl methyl sites for hydroxylation is 1. The molecule has 22 heavy (non-hydrogen) atoms. The maximum Gasteiger partial charge on any atom is 0.207 e. The number of halogens is 1. The van der Waals surface area contributed by atoms with E-state index in [9.17, 15) is 0 Å². The lowest BCUT2D eigenvalue weighted by Crippen LogP contribution is -2.30. The van der Waals surface area contributed by atoms with Gasteiger partial charge in [0.15, 0.2) is 0 Å². The van der Waals surface area contributed by atoms with E-state index < -0.39 is 7.65 Å². The first-order valence-corrected chi connectivity index (χ1v) is 9.81. The predicted octanol–water partition coefficient (Wildman–Crippen LogP) is 5.47. The molecule has 0 aromatic heterocycles. The molecule has 1 aliphatic rings. The summed E-state index contributed by atoms with van der Waals surface area (Å²) < 4.78 is 8.03. The van der Waals surface area contributed by atoms with Crippen molar-refractivity contribution in [2.75, 3.05) is 13.2 Å². The van der Waals surface area contributed by atoms with Gasteiger partial charge in [0.2, 0.25) is 7.65 Å². The lowest BCUT2D eigenvalue weighted by atomic mass is 9.98. The zero-order valence-electron chi connectivity index (χ0n) is 12.8. The normalized spacial score (nSPS) is 20.7. The van der Waals surface area contributed by atoms with Crippen LogP contribution in [0.5, 0.6) is 0 Å². The van der Waals surface area contributed by atoms with Gasteiger partial charge in [-0.15, -0.1) is 0 Å². The van der Waals surface area contributed by atoms with Crippen molar-refractivity contribution in [1.82, 2.24) is 4.67 Å². The summed E-state index contributed by atoms with van der Waals surface area (Å²) in [4.78, 5) is 0. The lowest BCUT2D eigenvalue weighted by Gasteiger charge is -2.37. The van der Waals surface area contributed by atoms with Crippen LogP contribution >= 0.6 is 18.9 Å². The van der Waals surface area contributed by atoms with E-state index in [4.69, 9.17) is 15.8 Å². The maximum absolute atomic E-state index is 6.49. The first-order chi connectivity index (χ1) is 10.7. The SMILES string of the molecule is Cc1ccc(CC(c2ccccc2)N2CCCOP2Cl)cc1. The fraction of sp³-hybridized carbons (Fsp3) is 0.333. The van der Waals surface area contributed by atoms with Gasteiger partial charge in [0.1, 0.15) is 0 Å². The van der Waals surface area contributed by atoms with Gasteiger partial charge in [-0.2, -0.15) is 0 Å². The minimum absolute atomic E-state index is 0.271. The van der Waals surface area contributed by atoms with Gasteiger partial charge in [0, 0.05) is 12.6 Å². The Morgan fingerprint density at radius 3 is 2.55 bits per heavy atom. The van der Waals surface area contributed by atoms with Gasteiger partial charge in [-0.1, -0.05) is 60.2 Å². The van der Waals surface area contributed by atoms with Crippen molar-refractivity contribution in [3.63, 3.8) is 0 Å². The molecule has 1 saturated heterocycles. The number of benzene rings is 2. The Bertz CT molecular complexity index is 590. The Balaban J connectivity index is 1.87. The second-order valence-electron chi connectivity index (χ2n) is 5.69. The van der Waals surface area contributed by atoms with Crippen LogP contribution in [0.4, 0.5) is 0 Å². The number of hydrogen-bond acceptors (Lipinski definition) is 2. The summed E-state index contributed by atoms with van der Waals surface area (Å²) in [5.41, 5.74) is 3.94. The Morgan fingerprint density at radius 1 is 1.14 bits per heavy atom. The van der Waals surface area contributed by atoms with Gasteiger partial charge in [-0.05, 0) is 42.1 Å². The third kappa shape index (κ3) is 3.88. The van der Waals surface area contributed by atoms with Crippen molar-refractivity contribution < 1.29 is 4.52 Å². The first-order valence-electron chi connectivity index (χ1n) is 7.70. The van der Waals surface area contributed by atoms with Crippen molar-refractivity contribution in [1.29, 1.82) is 0 Å². The molecule has 4 heteroatoms. The summed E-state index contributed by atoms with van der Waals surface area (Å²) in [7, 11) is -1.01. The third-order valence-corrected chi connectivity index (χ3v) is 6.18. The molecule has 0 N–H and O–H groups in total. The highest BCUT2D eigenvalue weighted by atomic mass is 35.7. The molecule has 2 aromatic carbocycles. The molecule has 3 rings (SSSR count). The fourth-order valence-electron chi connectivity index (χ4n) is 2.80. The maximum atomic E-state index is 6.49. The molecule has 0 saturated carbocycles. The molecule has 2 nitrogen and oxygen atoms in total. The molecule has 1 aliphatic heterocycles. The average Bonchev–Trinajstić information content (AvgIpc) is 2.56. The summed E-state index contributed by atoms with van der Waals surface area (Å²) >= 11 is 6.49. The number of rotatable bonds is 4. The van der Waals surface area contributed by atoms with E-state index in [1.165, 1.54) is 16.7 Å². The van der Waals surface area contributed by atoms with E-state index >= 15 is 0 Å². The smallest absolute Gasteiger partial charge is 0.207 e. The second-order valence-corrected chi connectivity index (χ2v) is 7.78. The van der Waals surface area contributed by atoms with Crippen LogP contribution in [0.15, 0.2) is 54.6 Å². The van der Waals surface area contributed by atoms with Crippen molar-refractivity contribution in [3.05, 3.63) is 71.3 Å². The van der Waals surface area contributed by atoms with Crippen LogP contribution in [-0.4, -0.2) is 17.8 Å². The van der Waals surface area contributed by atoms with E-state index in [0.717, 1.165) is 26.0 Å². The van der Waals surface area contributed by atoms with Crippen molar-refractivity contribution >= 4 is 18.9 Å². The van der Waals surface area contributed by atoms with Crippen molar-refractivity contribution in [3.8, 4) is 0 Å². The minimum atomic E-state index is -1.01. The predicted molar refractivity (Wildman–Crippen MR) is 94.1 cm³/mol. The minimum Gasteiger partial charge on any atom is -0.331 e. The molecule has 1 heterocycles. The van der Waals surface area contributed by atoms with Crippen LogP contribution in [0.25, 0.3) is 0 Å². The first kappa shape index (κ1) is 16.0. The topological polar surface area (TPSA) is 12.5 Å². The molecule has 2 unspecified atom stereocenters. The Morgan fingerprint density at radius 2 is 1.86 bits per heavy atom. The van der Waals surface area contributed by atoms with Gasteiger partial charge < -0.3 is 4.52 Å². The largest absolute Gasteiger partial charge is 0.331 e. The van der Waals surface area contributed by atoms with Gasteiger partial charge >= 0.3 is 0 Å². The molecule has 2 aromatic rings. The molecule has 0 bridgehead atoms. The van der Waals surface area contributed by atoms with E-state index in [1.54, 1.807) is 0 Å². The summed E-state index contributed by atoms with van der Waals surface area (Å²) in [6, 6.07) is 19.7. The highest BCUT2D eigenvalue weighted by molar-refractivity contribution is 7.78. The Labute approximate surface area is 138 Å². The average molecular weight is 334 g/mol. The quantitative estimate of drug-likeness (QED) is 0.688. The molecule has 0 spiro atoms. The fourth-order valence-corrected chi connectivity index (χ4v) is 4.71. The van der Waals surface area contributed by atoms with Crippen molar-refractivity contribution in [2.45, 2.75) is 25.8 Å². The monoisotopic (exact) mass is 333 g/mol. The molecule has 0 amide bonds. The summed E-state index contributed by atoms with van der Waals surface area (Å²) in [6.07, 6.45) is 2.00. The molecular weight excluding hydrogens is 313 g/mol. The van der Waals surface area contributed by atoms with Crippen LogP contribution < -0.4 is 0 Å². The van der Waals surface area contributed by atoms with Crippen LogP contribution in [-0.2, 0) is 10.9 Å². The third-order valence-electron chi connectivity index (χ3n) is 4.03. The highest BCUT2D eigenvalue weighted by Gasteiger charge is 2.30. The summed E-state index contributed by atoms with van der Waals surface area (Å²) in [5.74, 6) is 0. The standard InChI is InChI=1S/C18H21ClNOP/c1-15-8-10-16(11-9-15)14-18(17-6-3-2-4-7-17)20-12-5-13-21-22(20)19/h2-4,6-11,18H,5,12-14H2,1H3. The lowest BCUT2D eigenvalue weighted by molar-refractivity contribution is 0.217. The van der Waals surface area contributed by atoms with E-state index in [2.05, 4.69) is 66.2 Å². The van der Waals surface area contributed by atoms with E-state index in [0.29, 0.717) is 0 Å². The van der Waals surface area contributed by atoms with E-state index in [1.807, 2.05) is 0 Å². The molecule has 0 radical (unpaired) electrons. The van der Waals surface area contributed by atoms with Gasteiger partial charge in [-0.25, -0.2) is 4.67 Å². The van der Waals surface area contributed by atoms with Crippen LogP contribution in [0.3, 0.4) is 0 Å². The molecule has 1 fully saturated rings. The van der Waals surface area contributed by atoms with Gasteiger partial charge in [0.05, 0.1) is 6.61 Å². The number of nitrogens with zero attached hydrogens (tertiary/aromatic N) is 1. The highest BCUT2D eigenvalue weighted by Crippen LogP contribution is 2.53. The van der Waals surface area contributed by atoms with Crippen molar-refractivity contribution in [2.24, 2.45) is 0 Å². The Hall–Kier alpha value is -0.920. The van der Waals surface area contributed by atoms with E-state index in [-0.39, 0.29) is 6.04 Å². The molecule has 0 aliphatic carbocycles. The van der Waals surface area contributed by atoms with Crippen LogP contribution in [0, 0.1) is 6.92 Å². The Kier molecular flexibility index (Phi) is 5.49. The second kappa shape index (κ2) is 7.57. The molecule has 2 atom stereocenters. The molecule has 116 valence electrons. The summed E-state index contributed by atoms with van der Waals surface area (Å²) in [6.45, 7) is 3.90. The van der Waals surface area contributed by atoms with Gasteiger partial charge in [0.25, 0.3) is 0 Å². The van der Waals surface area contributed by atoms with Crippen LogP contribution in [0.2, 0.25) is 0 Å². The number of hydrogen-bond donors (Lipinski definition) is 0. The zero-order chi connectivity index (χ0) is 15.4.